The Morgan fingerprint density at radius 1 is 1.05 bits per heavy atom. The number of carbonyl (C=O) groups is 3. The van der Waals surface area contributed by atoms with Crippen LogP contribution in [0.15, 0.2) is 42.6 Å². The topological polar surface area (TPSA) is 131 Å². The predicted molar refractivity (Wildman–Crippen MR) is 153 cm³/mol. The average Bonchev–Trinajstić information content (AvgIpc) is 3.32. The maximum absolute atomic E-state index is 13.4. The third-order valence-electron chi connectivity index (χ3n) is 7.96. The second kappa shape index (κ2) is 13.3. The summed E-state index contributed by atoms with van der Waals surface area (Å²) in [5.41, 5.74) is 2.21. The van der Waals surface area contributed by atoms with Gasteiger partial charge in [0.1, 0.15) is 11.4 Å². The van der Waals surface area contributed by atoms with Crippen molar-refractivity contribution in [3.05, 3.63) is 59.4 Å². The molecule has 2 aliphatic rings. The molecule has 2 aromatic heterocycles. The Balaban J connectivity index is 0.00000405. The molecule has 42 heavy (non-hydrogen) atoms. The molecule has 2 saturated heterocycles. The van der Waals surface area contributed by atoms with Crippen LogP contribution in [0.5, 0.6) is 0 Å². The molecule has 0 unspecified atom stereocenters. The minimum atomic E-state index is -1.19. The Morgan fingerprint density at radius 2 is 1.74 bits per heavy atom. The molecule has 10 nitrogen and oxygen atoms in total. The van der Waals surface area contributed by atoms with E-state index in [1.54, 1.807) is 6.20 Å². The van der Waals surface area contributed by atoms with Crippen LogP contribution in [0.2, 0.25) is 0 Å². The molecule has 0 saturated carbocycles. The van der Waals surface area contributed by atoms with Crippen LogP contribution < -0.4 is 29.3 Å². The first-order chi connectivity index (χ1) is 19.6. The molecule has 3 aromatic rings. The van der Waals surface area contributed by atoms with Crippen molar-refractivity contribution in [1.82, 2.24) is 19.8 Å². The number of aromatic carboxylic acids is 1. The Bertz CT molecular complexity index is 1420. The van der Waals surface area contributed by atoms with Crippen molar-refractivity contribution in [2.75, 3.05) is 31.5 Å². The molecule has 4 heterocycles. The number of aromatic amines is 1. The van der Waals surface area contributed by atoms with E-state index >= 15 is 0 Å². The second-order valence-corrected chi connectivity index (χ2v) is 12.1. The van der Waals surface area contributed by atoms with Gasteiger partial charge in [0.25, 0.3) is 0 Å². The van der Waals surface area contributed by atoms with Gasteiger partial charge in [-0.3, -0.25) is 15.0 Å². The second-order valence-electron chi connectivity index (χ2n) is 12.1. The van der Waals surface area contributed by atoms with Crippen LogP contribution in [-0.4, -0.2) is 69.5 Å². The summed E-state index contributed by atoms with van der Waals surface area (Å²) in [6, 6.07) is 11.4. The van der Waals surface area contributed by atoms with Crippen LogP contribution >= 0.6 is 0 Å². The number of amides is 2. The normalized spacial score (nSPS) is 17.1. The van der Waals surface area contributed by atoms with Gasteiger partial charge < -0.3 is 24.5 Å². The van der Waals surface area contributed by atoms with Gasteiger partial charge in [0.05, 0.1) is 11.7 Å². The van der Waals surface area contributed by atoms with E-state index in [-0.39, 0.29) is 42.3 Å². The number of benzene rings is 1. The largest absolute Gasteiger partial charge is 1.00 e. The van der Waals surface area contributed by atoms with Gasteiger partial charge in [-0.15, -0.1) is 0 Å². The molecular formula is C31H38LiN5O5. The Kier molecular flexibility index (Phi) is 10.0. The summed E-state index contributed by atoms with van der Waals surface area (Å²) in [5.74, 6) is -0.472. The number of aromatic nitrogens is 2. The van der Waals surface area contributed by atoms with Crippen LogP contribution in [0.1, 0.15) is 74.0 Å². The molecule has 1 aromatic carbocycles. The summed E-state index contributed by atoms with van der Waals surface area (Å²) in [6.07, 6.45) is 4.19. The summed E-state index contributed by atoms with van der Waals surface area (Å²) < 4.78 is 5.31. The van der Waals surface area contributed by atoms with Crippen molar-refractivity contribution in [2.24, 2.45) is 5.92 Å². The number of carboxylic acids is 1. The average molecular weight is 568 g/mol. The van der Waals surface area contributed by atoms with Gasteiger partial charge in [-0.05, 0) is 94.8 Å². The number of hydrogen-bond acceptors (Lipinski definition) is 7. The first kappa shape index (κ1) is 31.6. The van der Waals surface area contributed by atoms with Gasteiger partial charge in [-0.25, -0.2) is 9.78 Å². The predicted octanol–water partition coefficient (Wildman–Crippen LogP) is 0.896. The summed E-state index contributed by atoms with van der Waals surface area (Å²) in [5, 5.41) is 15.4. The summed E-state index contributed by atoms with van der Waals surface area (Å²) in [6.45, 7) is 9.03. The molecule has 2 fully saturated rings. The fourth-order valence-corrected chi connectivity index (χ4v) is 6.04. The molecule has 0 aliphatic carbocycles. The minimum Gasteiger partial charge on any atom is -0.543 e. The van der Waals surface area contributed by atoms with Crippen molar-refractivity contribution in [1.29, 1.82) is 0 Å². The SMILES string of the molecule is CC(C)(C)OC(=O)Nc1cc(CN2CCC(C(=O)N3CCC(c4c(C(=O)[O-])[nH]c5ccccc45)CC3)CC2)ccn1.[Li+]. The summed E-state index contributed by atoms with van der Waals surface area (Å²) in [4.78, 5) is 48.8. The standard InChI is InChI=1S/C31H39N5O5.Li/c1-31(2,3)41-30(40)34-25-18-20(8-13-32-25)19-35-14-9-22(10-15-35)28(37)36-16-11-21(12-17-36)26-23-6-4-5-7-24(23)33-27(26)29(38)39;/h4-8,13,18,21-22,33H,9-12,14-17,19H2,1-3H3,(H,38,39)(H,32,34,40);/q;+1/p-1. The van der Waals surface area contributed by atoms with Gasteiger partial charge in [-0.2, -0.15) is 0 Å². The van der Waals surface area contributed by atoms with Crippen LogP contribution in [0, 0.1) is 5.92 Å². The first-order valence-electron chi connectivity index (χ1n) is 14.4. The van der Waals surface area contributed by atoms with Crippen molar-refractivity contribution >= 4 is 34.7 Å². The van der Waals surface area contributed by atoms with E-state index < -0.39 is 17.7 Å². The quantitative estimate of drug-likeness (QED) is 0.423. The van der Waals surface area contributed by atoms with Crippen LogP contribution in [-0.2, 0) is 16.1 Å². The summed E-state index contributed by atoms with van der Waals surface area (Å²) in [7, 11) is 0. The zero-order valence-electron chi connectivity index (χ0n) is 24.9. The number of nitrogens with one attached hydrogen (secondary N) is 2. The van der Waals surface area contributed by atoms with Gasteiger partial charge in [0.15, 0.2) is 0 Å². The number of carboxylic acid groups (broad SMARTS) is 1. The maximum Gasteiger partial charge on any atom is 1.00 e. The molecule has 11 heteroatoms. The van der Waals surface area contributed by atoms with Crippen LogP contribution in [0.3, 0.4) is 0 Å². The number of pyridine rings is 1. The maximum atomic E-state index is 13.4. The number of likely N-dealkylation sites (tertiary alicyclic amines) is 2. The number of rotatable bonds is 6. The molecule has 5 rings (SSSR count). The smallest absolute Gasteiger partial charge is 0.543 e. The van der Waals surface area contributed by atoms with Crippen LogP contribution in [0.4, 0.5) is 10.6 Å². The van der Waals surface area contributed by atoms with E-state index in [1.165, 1.54) is 0 Å². The van der Waals surface area contributed by atoms with E-state index in [0.29, 0.717) is 25.5 Å². The Morgan fingerprint density at radius 3 is 2.40 bits per heavy atom. The molecule has 0 atom stereocenters. The number of H-pyrrole nitrogens is 1. The minimum absolute atomic E-state index is 0. The zero-order chi connectivity index (χ0) is 29.1. The Hall–Kier alpha value is -3.32. The molecule has 0 spiro atoms. The van der Waals surface area contributed by atoms with Gasteiger partial charge in [0.2, 0.25) is 5.91 Å². The van der Waals surface area contributed by atoms with Crippen molar-refractivity contribution < 1.29 is 43.1 Å². The fourth-order valence-electron chi connectivity index (χ4n) is 6.04. The van der Waals surface area contributed by atoms with Crippen molar-refractivity contribution in [3.8, 4) is 0 Å². The fraction of sp³-hybridized carbons (Fsp3) is 0.484. The number of para-hydroxylation sites is 1. The van der Waals surface area contributed by atoms with Crippen LogP contribution in [0.25, 0.3) is 10.9 Å². The number of piperidine rings is 2. The monoisotopic (exact) mass is 567 g/mol. The third kappa shape index (κ3) is 7.54. The van der Waals surface area contributed by atoms with Crippen molar-refractivity contribution in [2.45, 2.75) is 64.5 Å². The number of fused-ring (bicyclic) bond motifs is 1. The third-order valence-corrected chi connectivity index (χ3v) is 7.96. The molecule has 0 bridgehead atoms. The molecule has 2 N–H and O–H groups in total. The number of ether oxygens (including phenoxy) is 1. The van der Waals surface area contributed by atoms with E-state index in [1.807, 2.05) is 62.1 Å². The van der Waals surface area contributed by atoms with E-state index in [4.69, 9.17) is 4.74 Å². The molecule has 0 radical (unpaired) electrons. The molecule has 2 aliphatic heterocycles. The number of hydrogen-bond donors (Lipinski definition) is 2. The van der Waals surface area contributed by atoms with Gasteiger partial charge in [0, 0.05) is 42.7 Å². The van der Waals surface area contributed by atoms with E-state index in [0.717, 1.165) is 60.8 Å². The first-order valence-corrected chi connectivity index (χ1v) is 14.4. The zero-order valence-corrected chi connectivity index (χ0v) is 24.9. The summed E-state index contributed by atoms with van der Waals surface area (Å²) >= 11 is 0. The van der Waals surface area contributed by atoms with E-state index in [2.05, 4.69) is 20.2 Å². The van der Waals surface area contributed by atoms with Crippen molar-refractivity contribution in [3.63, 3.8) is 0 Å². The van der Waals surface area contributed by atoms with Gasteiger partial charge in [-0.1, -0.05) is 18.2 Å². The number of anilines is 1. The Labute approximate surface area is 258 Å². The molecular weight excluding hydrogens is 529 g/mol. The molecule has 2 amide bonds. The molecule has 218 valence electrons. The number of carbonyl (C=O) groups excluding carboxylic acids is 3. The van der Waals surface area contributed by atoms with E-state index in [9.17, 15) is 19.5 Å². The number of nitrogens with zero attached hydrogens (tertiary/aromatic N) is 3. The van der Waals surface area contributed by atoms with Gasteiger partial charge >= 0.3 is 25.0 Å².